The maximum absolute atomic E-state index is 12.3. The molecule has 1 aromatic heterocycles. The number of rotatable bonds is 7. The largest absolute Gasteiger partial charge is 0.376 e. The molecule has 0 saturated carbocycles. The molecule has 1 unspecified atom stereocenters. The van der Waals surface area contributed by atoms with Crippen LogP contribution in [0, 0.1) is 11.7 Å². The maximum Gasteiger partial charge on any atom is 0.330 e. The minimum Gasteiger partial charge on any atom is -0.376 e. The van der Waals surface area contributed by atoms with E-state index in [2.05, 4.69) is 4.98 Å². The van der Waals surface area contributed by atoms with E-state index in [1.54, 1.807) is 31.5 Å². The van der Waals surface area contributed by atoms with Crippen molar-refractivity contribution in [2.24, 2.45) is 0 Å². The summed E-state index contributed by atoms with van der Waals surface area (Å²) in [7, 11) is -3.77. The number of hydrogen-bond donors (Lipinski definition) is 2. The van der Waals surface area contributed by atoms with Crippen molar-refractivity contribution in [3.8, 4) is 0 Å². The van der Waals surface area contributed by atoms with Gasteiger partial charge in [0.1, 0.15) is 12.3 Å². The van der Waals surface area contributed by atoms with E-state index in [1.807, 2.05) is 13.8 Å². The predicted octanol–water partition coefficient (Wildman–Crippen LogP) is 2.91. The number of aryl methyl sites for hydroxylation is 1. The Labute approximate surface area is 158 Å². The van der Waals surface area contributed by atoms with E-state index in [0.717, 1.165) is 0 Å². The lowest BCUT2D eigenvalue weighted by atomic mass is 10.2. The van der Waals surface area contributed by atoms with Crippen LogP contribution in [-0.2, 0) is 18.6 Å². The molecule has 26 heavy (non-hydrogen) atoms. The molecule has 1 aromatic rings. The third-order valence-electron chi connectivity index (χ3n) is 4.17. The number of nitrogens with zero attached hydrogens (tertiary/aromatic N) is 1. The van der Waals surface area contributed by atoms with Gasteiger partial charge in [-0.3, -0.25) is 18.9 Å². The van der Waals surface area contributed by atoms with Crippen LogP contribution < -0.4 is 5.56 Å². The molecule has 0 spiro atoms. The number of ether oxygens (including phenoxy) is 2. The van der Waals surface area contributed by atoms with Gasteiger partial charge >= 0.3 is 7.60 Å². The van der Waals surface area contributed by atoms with Gasteiger partial charge in [-0.25, -0.2) is 0 Å². The van der Waals surface area contributed by atoms with Crippen LogP contribution in [0.1, 0.15) is 45.9 Å². The van der Waals surface area contributed by atoms with Gasteiger partial charge in [0.15, 0.2) is 4.77 Å². The van der Waals surface area contributed by atoms with Crippen molar-refractivity contribution in [1.82, 2.24) is 9.55 Å². The van der Waals surface area contributed by atoms with Crippen LogP contribution in [-0.4, -0.2) is 45.0 Å². The second-order valence-corrected chi connectivity index (χ2v) is 9.79. The smallest absolute Gasteiger partial charge is 0.330 e. The SMILES string of the molecule is Cc1cn([C@H]2C[C@@H](OP(=O)(O)C(C)C)[C@@H](COC(C)C)O2)c(=S)[nH]c1=O. The Balaban J connectivity index is 2.26. The zero-order valence-corrected chi connectivity index (χ0v) is 17.4. The van der Waals surface area contributed by atoms with E-state index in [4.69, 9.17) is 26.2 Å². The van der Waals surface area contributed by atoms with Crippen molar-refractivity contribution in [2.45, 2.75) is 71.2 Å². The Hall–Kier alpha value is -0.830. The molecule has 10 heteroatoms. The summed E-state index contributed by atoms with van der Waals surface area (Å²) >= 11 is 5.22. The van der Waals surface area contributed by atoms with E-state index in [9.17, 15) is 14.3 Å². The molecular weight excluding hydrogens is 379 g/mol. The number of aromatic nitrogens is 2. The van der Waals surface area contributed by atoms with Crippen LogP contribution in [0.25, 0.3) is 0 Å². The molecule has 0 aromatic carbocycles. The molecule has 148 valence electrons. The Morgan fingerprint density at radius 3 is 2.69 bits per heavy atom. The fourth-order valence-corrected chi connectivity index (χ4v) is 3.65. The standard InChI is InChI=1S/C16H27N2O6PS/c1-9(2)22-8-13-12(24-25(20,21)10(3)4)6-14(23-13)18-7-11(5)15(19)17-16(18)26/h7,9-10,12-14H,6,8H2,1-5H3,(H,20,21)(H,17,19,26)/t12-,13-,14-/m1/s1. The topological polar surface area (TPSA) is 103 Å². The highest BCUT2D eigenvalue weighted by Gasteiger charge is 2.42. The predicted molar refractivity (Wildman–Crippen MR) is 100 cm³/mol. The molecule has 1 fully saturated rings. The van der Waals surface area contributed by atoms with Gasteiger partial charge in [-0.05, 0) is 33.0 Å². The van der Waals surface area contributed by atoms with Gasteiger partial charge < -0.3 is 18.9 Å². The van der Waals surface area contributed by atoms with Crippen LogP contribution in [0.4, 0.5) is 0 Å². The van der Waals surface area contributed by atoms with Crippen molar-refractivity contribution in [2.75, 3.05) is 6.61 Å². The van der Waals surface area contributed by atoms with Gasteiger partial charge in [-0.15, -0.1) is 0 Å². The first-order valence-corrected chi connectivity index (χ1v) is 10.7. The first-order valence-electron chi connectivity index (χ1n) is 8.61. The highest BCUT2D eigenvalue weighted by molar-refractivity contribution is 7.71. The van der Waals surface area contributed by atoms with Crippen molar-refractivity contribution >= 4 is 19.8 Å². The van der Waals surface area contributed by atoms with Crippen LogP contribution in [0.3, 0.4) is 0 Å². The Bertz CT molecular complexity index is 790. The molecule has 8 nitrogen and oxygen atoms in total. The summed E-state index contributed by atoms with van der Waals surface area (Å²) in [6.45, 7) is 8.97. The van der Waals surface area contributed by atoms with Crippen molar-refractivity contribution in [1.29, 1.82) is 0 Å². The molecule has 4 atom stereocenters. The second-order valence-electron chi connectivity index (χ2n) is 7.03. The van der Waals surface area contributed by atoms with E-state index in [1.165, 1.54) is 0 Å². The van der Waals surface area contributed by atoms with Gasteiger partial charge in [0.2, 0.25) is 0 Å². The van der Waals surface area contributed by atoms with E-state index < -0.39 is 31.7 Å². The lowest BCUT2D eigenvalue weighted by Crippen LogP contribution is -2.30. The molecule has 1 aliphatic heterocycles. The average Bonchev–Trinajstić information content (AvgIpc) is 2.90. The molecule has 0 amide bonds. The van der Waals surface area contributed by atoms with Gasteiger partial charge in [0.25, 0.3) is 5.56 Å². The lowest BCUT2D eigenvalue weighted by Gasteiger charge is -2.24. The highest BCUT2D eigenvalue weighted by Crippen LogP contribution is 2.51. The molecule has 0 aliphatic carbocycles. The first kappa shape index (κ1) is 21.5. The van der Waals surface area contributed by atoms with Gasteiger partial charge in [0.05, 0.1) is 24.5 Å². The Kier molecular flexibility index (Phi) is 6.98. The molecule has 2 heterocycles. The van der Waals surface area contributed by atoms with E-state index >= 15 is 0 Å². The molecule has 1 saturated heterocycles. The van der Waals surface area contributed by atoms with Crippen LogP contribution in [0.2, 0.25) is 0 Å². The quantitative estimate of drug-likeness (QED) is 0.530. The van der Waals surface area contributed by atoms with E-state index in [0.29, 0.717) is 12.0 Å². The van der Waals surface area contributed by atoms with Crippen molar-refractivity contribution in [3.63, 3.8) is 0 Å². The number of hydrogen-bond acceptors (Lipinski definition) is 6. The molecule has 0 radical (unpaired) electrons. The van der Waals surface area contributed by atoms with Crippen molar-refractivity contribution in [3.05, 3.63) is 26.9 Å². The zero-order valence-electron chi connectivity index (χ0n) is 15.7. The summed E-state index contributed by atoms with van der Waals surface area (Å²) in [5, 5.41) is 0. The molecule has 0 bridgehead atoms. The highest BCUT2D eigenvalue weighted by atomic mass is 32.1. The van der Waals surface area contributed by atoms with Crippen LogP contribution >= 0.6 is 19.8 Å². The summed E-state index contributed by atoms with van der Waals surface area (Å²) in [4.78, 5) is 24.4. The van der Waals surface area contributed by atoms with Gasteiger partial charge in [-0.1, -0.05) is 13.8 Å². The average molecular weight is 406 g/mol. The Morgan fingerprint density at radius 2 is 2.12 bits per heavy atom. The number of aromatic amines is 1. The van der Waals surface area contributed by atoms with Crippen LogP contribution in [0.15, 0.2) is 11.0 Å². The zero-order chi connectivity index (χ0) is 19.6. The lowest BCUT2D eigenvalue weighted by molar-refractivity contribution is -0.0719. The number of H-pyrrole nitrogens is 1. The minimum atomic E-state index is -3.77. The summed E-state index contributed by atoms with van der Waals surface area (Å²) in [6.07, 6.45) is 0.276. The van der Waals surface area contributed by atoms with Crippen molar-refractivity contribution < 1.29 is 23.5 Å². The molecule has 2 rings (SSSR count). The third-order valence-corrected chi connectivity index (χ3v) is 6.36. The monoisotopic (exact) mass is 406 g/mol. The third kappa shape index (κ3) is 5.12. The summed E-state index contributed by atoms with van der Waals surface area (Å²) < 4.78 is 31.3. The first-order chi connectivity index (χ1) is 12.0. The van der Waals surface area contributed by atoms with Crippen LogP contribution in [0.5, 0.6) is 0 Å². The second kappa shape index (κ2) is 8.46. The number of nitrogens with one attached hydrogen (secondary N) is 1. The summed E-state index contributed by atoms with van der Waals surface area (Å²) in [6, 6.07) is 0. The van der Waals surface area contributed by atoms with Gasteiger partial charge in [0, 0.05) is 18.2 Å². The van der Waals surface area contributed by atoms with Gasteiger partial charge in [-0.2, -0.15) is 0 Å². The summed E-state index contributed by atoms with van der Waals surface area (Å²) in [5.74, 6) is 0. The maximum atomic E-state index is 12.3. The normalized spacial score (nSPS) is 25.8. The minimum absolute atomic E-state index is 0.0122. The van der Waals surface area contributed by atoms with E-state index in [-0.39, 0.29) is 23.0 Å². The summed E-state index contributed by atoms with van der Waals surface area (Å²) in [5.41, 5.74) is -0.279. The fourth-order valence-electron chi connectivity index (χ4n) is 2.54. The molecular formula is C16H27N2O6PS. The Morgan fingerprint density at radius 1 is 1.46 bits per heavy atom. The molecule has 2 N–H and O–H groups in total. The fraction of sp³-hybridized carbons (Fsp3) is 0.750. The molecule has 1 aliphatic rings.